The number of hydrogen-bond acceptors (Lipinski definition) is 3. The number of halogens is 3. The third kappa shape index (κ3) is 4.07. The number of aryl methyl sites for hydroxylation is 1. The van der Waals surface area contributed by atoms with Gasteiger partial charge in [-0.3, -0.25) is 14.3 Å². The standard InChI is InChI=1S/C15H16F3N3OS/c1-9-8-21(13(23-9)20-12(22)14(2,3)4)11-5-10(6-19-7-11)15(16,17)18/h5-8H,1-4H3/b20-13-. The molecule has 0 aliphatic heterocycles. The van der Waals surface area contributed by atoms with Crippen molar-refractivity contribution in [3.8, 4) is 5.69 Å². The number of thiazole rings is 1. The number of rotatable bonds is 1. The number of hydrogen-bond donors (Lipinski definition) is 0. The van der Waals surface area contributed by atoms with Gasteiger partial charge in [0.15, 0.2) is 4.80 Å². The van der Waals surface area contributed by atoms with Crippen LogP contribution in [-0.2, 0) is 11.0 Å². The lowest BCUT2D eigenvalue weighted by Gasteiger charge is -2.12. The van der Waals surface area contributed by atoms with Crippen molar-refractivity contribution in [2.45, 2.75) is 33.9 Å². The molecule has 4 nitrogen and oxygen atoms in total. The average Bonchev–Trinajstić information content (AvgIpc) is 2.78. The average molecular weight is 343 g/mol. The second-order valence-corrected chi connectivity index (χ2v) is 7.30. The molecule has 0 N–H and O–H groups in total. The van der Waals surface area contributed by atoms with Gasteiger partial charge in [0.2, 0.25) is 0 Å². The second-order valence-electron chi connectivity index (χ2n) is 6.09. The number of pyridine rings is 1. The predicted molar refractivity (Wildman–Crippen MR) is 81.2 cm³/mol. The summed E-state index contributed by atoms with van der Waals surface area (Å²) in [7, 11) is 0. The van der Waals surface area contributed by atoms with E-state index in [1.807, 2.05) is 0 Å². The Balaban J connectivity index is 2.58. The van der Waals surface area contributed by atoms with Gasteiger partial charge >= 0.3 is 6.18 Å². The van der Waals surface area contributed by atoms with Crippen molar-refractivity contribution in [2.24, 2.45) is 10.4 Å². The first-order chi connectivity index (χ1) is 10.5. The summed E-state index contributed by atoms with van der Waals surface area (Å²) in [5.41, 5.74) is -1.30. The molecule has 0 atom stereocenters. The van der Waals surface area contributed by atoms with E-state index in [0.29, 0.717) is 4.80 Å². The summed E-state index contributed by atoms with van der Waals surface area (Å²) < 4.78 is 39.9. The van der Waals surface area contributed by atoms with Crippen LogP contribution in [0.3, 0.4) is 0 Å². The molecule has 124 valence electrons. The van der Waals surface area contributed by atoms with Gasteiger partial charge in [0.05, 0.1) is 17.4 Å². The van der Waals surface area contributed by atoms with Gasteiger partial charge in [0.25, 0.3) is 5.91 Å². The monoisotopic (exact) mass is 343 g/mol. The smallest absolute Gasteiger partial charge is 0.291 e. The molecule has 2 aromatic heterocycles. The maximum Gasteiger partial charge on any atom is 0.417 e. The van der Waals surface area contributed by atoms with Gasteiger partial charge in [0, 0.05) is 22.7 Å². The lowest BCUT2D eigenvalue weighted by Crippen LogP contribution is -2.23. The van der Waals surface area contributed by atoms with E-state index in [2.05, 4.69) is 9.98 Å². The van der Waals surface area contributed by atoms with Crippen LogP contribution in [0.2, 0.25) is 0 Å². The van der Waals surface area contributed by atoms with E-state index in [-0.39, 0.29) is 11.6 Å². The zero-order chi connectivity index (χ0) is 17.4. The molecule has 1 amide bonds. The van der Waals surface area contributed by atoms with Crippen molar-refractivity contribution >= 4 is 17.2 Å². The highest BCUT2D eigenvalue weighted by atomic mass is 32.1. The van der Waals surface area contributed by atoms with Crippen LogP contribution in [0.5, 0.6) is 0 Å². The molecule has 0 aromatic carbocycles. The predicted octanol–water partition coefficient (Wildman–Crippen LogP) is 3.73. The van der Waals surface area contributed by atoms with Crippen LogP contribution in [0, 0.1) is 12.3 Å². The summed E-state index contributed by atoms with van der Waals surface area (Å²) in [6.45, 7) is 6.99. The number of amides is 1. The molecule has 2 heterocycles. The van der Waals surface area contributed by atoms with Crippen molar-refractivity contribution in [1.29, 1.82) is 0 Å². The Morgan fingerprint density at radius 1 is 1.26 bits per heavy atom. The van der Waals surface area contributed by atoms with Crippen LogP contribution in [0.15, 0.2) is 29.6 Å². The summed E-state index contributed by atoms with van der Waals surface area (Å²) in [5.74, 6) is -0.340. The third-order valence-electron chi connectivity index (χ3n) is 2.94. The summed E-state index contributed by atoms with van der Waals surface area (Å²) in [4.78, 5) is 20.9. The zero-order valence-corrected chi connectivity index (χ0v) is 13.9. The van der Waals surface area contributed by atoms with Crippen molar-refractivity contribution in [3.63, 3.8) is 0 Å². The van der Waals surface area contributed by atoms with Gasteiger partial charge in [0.1, 0.15) is 0 Å². The highest BCUT2D eigenvalue weighted by Gasteiger charge is 2.31. The molecular formula is C15H16F3N3OS. The van der Waals surface area contributed by atoms with Crippen LogP contribution >= 0.6 is 11.3 Å². The lowest BCUT2D eigenvalue weighted by molar-refractivity contribution is -0.137. The zero-order valence-electron chi connectivity index (χ0n) is 13.1. The largest absolute Gasteiger partial charge is 0.417 e. The van der Waals surface area contributed by atoms with E-state index in [0.717, 1.165) is 17.1 Å². The van der Waals surface area contributed by atoms with Crippen LogP contribution in [0.4, 0.5) is 13.2 Å². The maximum absolute atomic E-state index is 12.8. The first-order valence-electron chi connectivity index (χ1n) is 6.79. The quantitative estimate of drug-likeness (QED) is 0.792. The Bertz CT molecular complexity index is 797. The minimum atomic E-state index is -4.48. The molecule has 23 heavy (non-hydrogen) atoms. The Hall–Kier alpha value is -1.96. The topological polar surface area (TPSA) is 47.2 Å². The number of carbonyl (C=O) groups is 1. The van der Waals surface area contributed by atoms with E-state index < -0.39 is 17.2 Å². The Morgan fingerprint density at radius 3 is 2.48 bits per heavy atom. The van der Waals surface area contributed by atoms with Gasteiger partial charge in [-0.25, -0.2) is 0 Å². The fraction of sp³-hybridized carbons (Fsp3) is 0.400. The Morgan fingerprint density at radius 2 is 1.91 bits per heavy atom. The van der Waals surface area contributed by atoms with E-state index >= 15 is 0 Å². The van der Waals surface area contributed by atoms with Crippen LogP contribution in [-0.4, -0.2) is 15.5 Å². The summed E-state index contributed by atoms with van der Waals surface area (Å²) in [6, 6.07) is 0.986. The number of carbonyl (C=O) groups excluding carboxylic acids is 1. The third-order valence-corrected chi connectivity index (χ3v) is 3.84. The van der Waals surface area contributed by atoms with Gasteiger partial charge < -0.3 is 0 Å². The molecular weight excluding hydrogens is 327 g/mol. The fourth-order valence-electron chi connectivity index (χ4n) is 1.69. The number of alkyl halides is 3. The summed E-state index contributed by atoms with van der Waals surface area (Å²) in [5, 5.41) is 0. The van der Waals surface area contributed by atoms with Gasteiger partial charge in [-0.1, -0.05) is 20.8 Å². The maximum atomic E-state index is 12.8. The second kappa shape index (κ2) is 5.92. The van der Waals surface area contributed by atoms with E-state index in [4.69, 9.17) is 0 Å². The molecule has 0 fully saturated rings. The van der Waals surface area contributed by atoms with Crippen molar-refractivity contribution in [2.75, 3.05) is 0 Å². The molecule has 2 rings (SSSR count). The summed E-state index contributed by atoms with van der Waals surface area (Å²) >= 11 is 1.23. The highest BCUT2D eigenvalue weighted by Crippen LogP contribution is 2.29. The lowest BCUT2D eigenvalue weighted by atomic mass is 9.96. The SMILES string of the molecule is Cc1cn(-c2cncc(C(F)(F)F)c2)/c(=N/C(=O)C(C)(C)C)s1. The van der Waals surface area contributed by atoms with Crippen molar-refractivity contribution in [3.05, 3.63) is 39.9 Å². The van der Waals surface area contributed by atoms with E-state index in [9.17, 15) is 18.0 Å². The molecule has 2 aromatic rings. The first kappa shape index (κ1) is 17.4. The number of aromatic nitrogens is 2. The number of nitrogens with zero attached hydrogens (tertiary/aromatic N) is 3. The van der Waals surface area contributed by atoms with Crippen LogP contribution < -0.4 is 4.80 Å². The first-order valence-corrected chi connectivity index (χ1v) is 7.61. The molecule has 0 radical (unpaired) electrons. The molecule has 8 heteroatoms. The van der Waals surface area contributed by atoms with Crippen molar-refractivity contribution in [1.82, 2.24) is 9.55 Å². The molecule has 0 unspecified atom stereocenters. The fourth-order valence-corrected chi connectivity index (χ4v) is 2.52. The molecule has 0 saturated heterocycles. The molecule has 0 spiro atoms. The minimum absolute atomic E-state index is 0.213. The Labute approximate surface area is 135 Å². The molecule has 0 bridgehead atoms. The van der Waals surface area contributed by atoms with Gasteiger partial charge in [-0.05, 0) is 13.0 Å². The molecule has 0 aliphatic rings. The van der Waals surface area contributed by atoms with E-state index in [1.54, 1.807) is 33.9 Å². The Kier molecular flexibility index (Phi) is 4.48. The molecule has 0 aliphatic carbocycles. The highest BCUT2D eigenvalue weighted by molar-refractivity contribution is 7.09. The van der Waals surface area contributed by atoms with Gasteiger partial charge in [-0.15, -0.1) is 11.3 Å². The van der Waals surface area contributed by atoms with Crippen LogP contribution in [0.1, 0.15) is 31.2 Å². The van der Waals surface area contributed by atoms with Crippen molar-refractivity contribution < 1.29 is 18.0 Å². The van der Waals surface area contributed by atoms with E-state index in [1.165, 1.54) is 22.1 Å². The molecule has 0 saturated carbocycles. The van der Waals surface area contributed by atoms with Gasteiger partial charge in [-0.2, -0.15) is 18.2 Å². The minimum Gasteiger partial charge on any atom is -0.291 e. The normalized spacial score (nSPS) is 13.4. The van der Waals surface area contributed by atoms with Crippen LogP contribution in [0.25, 0.3) is 5.69 Å². The summed E-state index contributed by atoms with van der Waals surface area (Å²) in [6.07, 6.45) is -0.772.